The van der Waals surface area contributed by atoms with Crippen LogP contribution in [0.5, 0.6) is 11.5 Å². The summed E-state index contributed by atoms with van der Waals surface area (Å²) < 4.78 is 21.1. The average Bonchev–Trinajstić information content (AvgIpc) is 3.17. The van der Waals surface area contributed by atoms with Crippen LogP contribution in [0.4, 0.5) is 0 Å². The summed E-state index contributed by atoms with van der Waals surface area (Å²) in [6, 6.07) is 14.3. The maximum absolute atomic E-state index is 11.6. The number of aromatic nitrogens is 1. The quantitative estimate of drug-likeness (QED) is 0.460. The number of esters is 1. The molecule has 0 fully saturated rings. The third-order valence-corrected chi connectivity index (χ3v) is 3.98. The van der Waals surface area contributed by atoms with E-state index in [-0.39, 0.29) is 25.1 Å². The van der Waals surface area contributed by atoms with Crippen LogP contribution in [0.25, 0.3) is 22.6 Å². The Morgan fingerprint density at radius 2 is 1.59 bits per heavy atom. The van der Waals surface area contributed by atoms with Gasteiger partial charge in [-0.15, -0.1) is 0 Å². The number of amides is 1. The highest BCUT2D eigenvalue weighted by Crippen LogP contribution is 2.34. The van der Waals surface area contributed by atoms with Crippen LogP contribution >= 0.6 is 0 Å². The third kappa shape index (κ3) is 4.92. The van der Waals surface area contributed by atoms with E-state index in [9.17, 15) is 9.59 Å². The zero-order valence-corrected chi connectivity index (χ0v) is 16.0. The van der Waals surface area contributed by atoms with Crippen LogP contribution in [0.15, 0.2) is 52.9 Å². The van der Waals surface area contributed by atoms with Gasteiger partial charge in [-0.25, -0.2) is 4.98 Å². The molecule has 1 heterocycles. The zero-order chi connectivity index (χ0) is 20.8. The highest BCUT2D eigenvalue weighted by atomic mass is 16.6. The van der Waals surface area contributed by atoms with Gasteiger partial charge >= 0.3 is 11.9 Å². The maximum atomic E-state index is 11.6. The number of benzene rings is 2. The molecular formula is C21H20N2O6. The van der Waals surface area contributed by atoms with Crippen molar-refractivity contribution in [3.05, 3.63) is 54.4 Å². The third-order valence-electron chi connectivity index (χ3n) is 3.98. The minimum atomic E-state index is -0.753. The van der Waals surface area contributed by atoms with Gasteiger partial charge < -0.3 is 24.4 Å². The fraction of sp³-hybridized carbons (Fsp3) is 0.190. The van der Waals surface area contributed by atoms with Crippen molar-refractivity contribution < 1.29 is 28.2 Å². The molecule has 3 aromatic rings. The normalized spacial score (nSPS) is 10.4. The first-order valence-corrected chi connectivity index (χ1v) is 8.79. The van der Waals surface area contributed by atoms with Crippen molar-refractivity contribution in [3.63, 3.8) is 0 Å². The van der Waals surface area contributed by atoms with E-state index < -0.39 is 5.91 Å². The minimum Gasteiger partial charge on any atom is -0.497 e. The molecule has 8 nitrogen and oxygen atoms in total. The topological polar surface area (TPSA) is 114 Å². The Morgan fingerprint density at radius 3 is 2.17 bits per heavy atom. The summed E-state index contributed by atoms with van der Waals surface area (Å²) in [5.74, 6) is 0.427. The lowest BCUT2D eigenvalue weighted by molar-refractivity contribution is -0.141. The fourth-order valence-electron chi connectivity index (χ4n) is 2.61. The van der Waals surface area contributed by atoms with E-state index in [0.29, 0.717) is 28.5 Å². The molecule has 1 amide bonds. The predicted molar refractivity (Wildman–Crippen MR) is 105 cm³/mol. The number of ether oxygens (including phenoxy) is 3. The zero-order valence-electron chi connectivity index (χ0n) is 16.0. The molecule has 0 spiro atoms. The molecule has 0 atom stereocenters. The molecule has 0 aliphatic heterocycles. The molecule has 2 N–H and O–H groups in total. The molecule has 0 aliphatic carbocycles. The van der Waals surface area contributed by atoms with E-state index in [0.717, 1.165) is 5.56 Å². The largest absolute Gasteiger partial charge is 0.497 e. The van der Waals surface area contributed by atoms with Crippen LogP contribution in [0, 0.1) is 0 Å². The van der Waals surface area contributed by atoms with Gasteiger partial charge in [0.15, 0.2) is 5.76 Å². The van der Waals surface area contributed by atoms with Gasteiger partial charge in [-0.1, -0.05) is 0 Å². The molecule has 0 radical (unpaired) electrons. The van der Waals surface area contributed by atoms with Crippen LogP contribution in [-0.2, 0) is 9.53 Å². The van der Waals surface area contributed by atoms with E-state index in [2.05, 4.69) is 4.98 Å². The molecule has 2 aromatic carbocycles. The van der Waals surface area contributed by atoms with Crippen molar-refractivity contribution in [2.24, 2.45) is 5.73 Å². The molecule has 0 bridgehead atoms. The molecule has 0 aliphatic rings. The number of nitrogens with two attached hydrogens (primary N) is 1. The summed E-state index contributed by atoms with van der Waals surface area (Å²) >= 11 is 0. The van der Waals surface area contributed by atoms with E-state index in [1.54, 1.807) is 43.5 Å². The van der Waals surface area contributed by atoms with Crippen LogP contribution in [0.2, 0.25) is 0 Å². The van der Waals surface area contributed by atoms with Crippen LogP contribution in [0.3, 0.4) is 0 Å². The van der Waals surface area contributed by atoms with Gasteiger partial charge in [0.25, 0.3) is 5.89 Å². The van der Waals surface area contributed by atoms with E-state index in [1.165, 1.54) is 6.92 Å². The summed E-state index contributed by atoms with van der Waals surface area (Å²) in [7, 11) is 1.58. The van der Waals surface area contributed by atoms with Gasteiger partial charge in [-0.2, -0.15) is 0 Å². The van der Waals surface area contributed by atoms with Gasteiger partial charge in [0.2, 0.25) is 0 Å². The average molecular weight is 396 g/mol. The smallest absolute Gasteiger partial charge is 0.304 e. The number of hydrogen-bond acceptors (Lipinski definition) is 7. The van der Waals surface area contributed by atoms with Gasteiger partial charge in [0.1, 0.15) is 30.4 Å². The summed E-state index contributed by atoms with van der Waals surface area (Å²) in [6.45, 7) is 1.75. The molecule has 0 unspecified atom stereocenters. The van der Waals surface area contributed by atoms with Crippen LogP contribution in [-0.4, -0.2) is 37.2 Å². The Balaban J connectivity index is 1.85. The number of carbonyl (C=O) groups is 2. The lowest BCUT2D eigenvalue weighted by Gasteiger charge is -2.07. The Bertz CT molecular complexity index is 993. The van der Waals surface area contributed by atoms with Gasteiger partial charge in [0.05, 0.1) is 7.11 Å². The summed E-state index contributed by atoms with van der Waals surface area (Å²) in [5.41, 5.74) is 7.28. The Morgan fingerprint density at radius 1 is 0.966 bits per heavy atom. The second-order valence-electron chi connectivity index (χ2n) is 6.00. The van der Waals surface area contributed by atoms with Crippen molar-refractivity contribution in [2.75, 3.05) is 20.3 Å². The highest BCUT2D eigenvalue weighted by Gasteiger charge is 2.20. The standard InChI is InChI=1S/C21H20N2O6/c1-13(24)27-11-12-28-17-9-5-15(6-10-17)19-18(23-21(29-19)20(22)25)14-3-7-16(26-2)8-4-14/h3-10H,11-12H2,1-2H3,(H2,22,25). The Labute approximate surface area is 167 Å². The highest BCUT2D eigenvalue weighted by molar-refractivity contribution is 5.90. The van der Waals surface area contributed by atoms with Crippen molar-refractivity contribution in [1.29, 1.82) is 0 Å². The molecule has 1 aromatic heterocycles. The lowest BCUT2D eigenvalue weighted by atomic mass is 10.1. The molecule has 0 saturated heterocycles. The molecule has 8 heteroatoms. The number of rotatable bonds is 8. The summed E-state index contributed by atoms with van der Waals surface area (Å²) in [4.78, 5) is 26.6. The number of oxazole rings is 1. The summed E-state index contributed by atoms with van der Waals surface area (Å²) in [5, 5.41) is 0. The van der Waals surface area contributed by atoms with Gasteiger partial charge in [-0.3, -0.25) is 9.59 Å². The summed E-state index contributed by atoms with van der Waals surface area (Å²) in [6.07, 6.45) is 0. The molecular weight excluding hydrogens is 376 g/mol. The minimum absolute atomic E-state index is 0.169. The van der Waals surface area contributed by atoms with Crippen molar-refractivity contribution in [3.8, 4) is 34.1 Å². The predicted octanol–water partition coefficient (Wildman–Crippen LogP) is 3.06. The number of carbonyl (C=O) groups excluding carboxylic acids is 2. The van der Waals surface area contributed by atoms with Gasteiger partial charge in [-0.05, 0) is 48.5 Å². The number of methoxy groups -OCH3 is 1. The molecule has 0 saturated carbocycles. The van der Waals surface area contributed by atoms with Crippen LogP contribution in [0.1, 0.15) is 17.6 Å². The van der Waals surface area contributed by atoms with Gasteiger partial charge in [0, 0.05) is 18.1 Å². The number of hydrogen-bond donors (Lipinski definition) is 1. The number of nitrogens with zero attached hydrogens (tertiary/aromatic N) is 1. The molecule has 150 valence electrons. The lowest BCUT2D eigenvalue weighted by Crippen LogP contribution is -2.10. The number of primary amides is 1. The monoisotopic (exact) mass is 396 g/mol. The van der Waals surface area contributed by atoms with E-state index >= 15 is 0 Å². The molecule has 29 heavy (non-hydrogen) atoms. The first-order valence-electron chi connectivity index (χ1n) is 8.79. The fourth-order valence-corrected chi connectivity index (χ4v) is 2.61. The van der Waals surface area contributed by atoms with Crippen molar-refractivity contribution >= 4 is 11.9 Å². The Kier molecular flexibility index (Phi) is 6.13. The van der Waals surface area contributed by atoms with E-state index in [4.69, 9.17) is 24.4 Å². The second kappa shape index (κ2) is 8.92. The van der Waals surface area contributed by atoms with Crippen molar-refractivity contribution in [1.82, 2.24) is 4.98 Å². The second-order valence-corrected chi connectivity index (χ2v) is 6.00. The Hall–Kier alpha value is -3.81. The van der Waals surface area contributed by atoms with E-state index in [1.807, 2.05) is 12.1 Å². The first-order chi connectivity index (χ1) is 14.0. The SMILES string of the molecule is COc1ccc(-c2nc(C(N)=O)oc2-c2ccc(OCCOC(C)=O)cc2)cc1. The first kappa shape index (κ1) is 19.9. The maximum Gasteiger partial charge on any atom is 0.304 e. The van der Waals surface area contributed by atoms with Crippen molar-refractivity contribution in [2.45, 2.75) is 6.92 Å². The molecule has 3 rings (SSSR count). The van der Waals surface area contributed by atoms with Crippen LogP contribution < -0.4 is 15.2 Å².